The number of hydrogen-bond acceptors (Lipinski definition) is 6. The van der Waals surface area contributed by atoms with Gasteiger partial charge in [-0.3, -0.25) is 14.9 Å². The zero-order chi connectivity index (χ0) is 23.3. The highest BCUT2D eigenvalue weighted by molar-refractivity contribution is 14.1. The van der Waals surface area contributed by atoms with Crippen LogP contribution in [0, 0.1) is 3.57 Å². The van der Waals surface area contributed by atoms with E-state index in [-0.39, 0.29) is 5.57 Å². The summed E-state index contributed by atoms with van der Waals surface area (Å²) in [4.78, 5) is 38.8. The number of anilines is 1. The maximum absolute atomic E-state index is 13.1. The van der Waals surface area contributed by atoms with Crippen LogP contribution in [0.4, 0.5) is 10.5 Å². The average Bonchev–Trinajstić information content (AvgIpc) is 2.76. The number of benzene rings is 2. The minimum atomic E-state index is -0.818. The summed E-state index contributed by atoms with van der Waals surface area (Å²) in [5, 5.41) is 2.21. The van der Waals surface area contributed by atoms with Gasteiger partial charge in [0.1, 0.15) is 17.9 Å². The zero-order valence-corrected chi connectivity index (χ0v) is 19.7. The van der Waals surface area contributed by atoms with Gasteiger partial charge < -0.3 is 14.2 Å². The molecule has 1 saturated heterocycles. The van der Waals surface area contributed by atoms with E-state index in [9.17, 15) is 14.4 Å². The average molecular weight is 548 g/mol. The molecule has 1 heterocycles. The topological polar surface area (TPSA) is 94.2 Å². The summed E-state index contributed by atoms with van der Waals surface area (Å²) < 4.78 is 17.1. The van der Waals surface area contributed by atoms with Crippen molar-refractivity contribution in [3.8, 4) is 17.2 Å². The van der Waals surface area contributed by atoms with Crippen LogP contribution >= 0.6 is 22.6 Å². The summed E-state index contributed by atoms with van der Waals surface area (Å²) in [6, 6.07) is 9.02. The predicted octanol–water partition coefficient (Wildman–Crippen LogP) is 3.93. The molecular formula is C23H21IN2O6. The zero-order valence-electron chi connectivity index (χ0n) is 17.5. The molecule has 0 unspecified atom stereocenters. The fraction of sp³-hybridized carbons (Fsp3) is 0.174. The van der Waals surface area contributed by atoms with Gasteiger partial charge in [0.05, 0.1) is 23.0 Å². The molecule has 1 N–H and O–H groups in total. The summed E-state index contributed by atoms with van der Waals surface area (Å²) in [7, 11) is 1.49. The maximum atomic E-state index is 13.1. The number of methoxy groups -OCH3 is 1. The smallest absolute Gasteiger partial charge is 0.335 e. The van der Waals surface area contributed by atoms with Crippen LogP contribution in [0.5, 0.6) is 17.2 Å². The summed E-state index contributed by atoms with van der Waals surface area (Å²) >= 11 is 2.08. The highest BCUT2D eigenvalue weighted by atomic mass is 127. The maximum Gasteiger partial charge on any atom is 0.335 e. The minimum Gasteiger partial charge on any atom is -0.494 e. The van der Waals surface area contributed by atoms with Crippen molar-refractivity contribution in [1.29, 1.82) is 0 Å². The number of rotatable bonds is 8. The normalized spacial score (nSPS) is 14.9. The van der Waals surface area contributed by atoms with E-state index in [1.165, 1.54) is 13.2 Å². The van der Waals surface area contributed by atoms with Crippen molar-refractivity contribution >= 4 is 52.2 Å². The molecule has 9 heteroatoms. The van der Waals surface area contributed by atoms with Gasteiger partial charge in [0.25, 0.3) is 11.8 Å². The van der Waals surface area contributed by atoms with Crippen LogP contribution in [0.25, 0.3) is 6.08 Å². The molecule has 0 saturated carbocycles. The van der Waals surface area contributed by atoms with Crippen molar-refractivity contribution in [3.05, 3.63) is 63.8 Å². The second-order valence-corrected chi connectivity index (χ2v) is 7.68. The first kappa shape index (κ1) is 23.3. The second kappa shape index (κ2) is 10.3. The van der Waals surface area contributed by atoms with Crippen LogP contribution in [0.2, 0.25) is 0 Å². The van der Waals surface area contributed by atoms with Gasteiger partial charge in [-0.1, -0.05) is 12.7 Å². The lowest BCUT2D eigenvalue weighted by Crippen LogP contribution is -2.54. The molecule has 2 aromatic rings. The molecule has 0 aliphatic carbocycles. The Labute approximate surface area is 199 Å². The molecule has 32 heavy (non-hydrogen) atoms. The molecule has 8 nitrogen and oxygen atoms in total. The van der Waals surface area contributed by atoms with Crippen LogP contribution in [-0.4, -0.2) is 38.2 Å². The third-order valence-electron chi connectivity index (χ3n) is 4.42. The van der Waals surface area contributed by atoms with Gasteiger partial charge in [-0.05, 0) is 77.6 Å². The quantitative estimate of drug-likeness (QED) is 0.233. The Morgan fingerprint density at radius 1 is 1.12 bits per heavy atom. The molecule has 0 aromatic heterocycles. The first-order chi connectivity index (χ1) is 15.4. The number of hydrogen-bond donors (Lipinski definition) is 1. The lowest BCUT2D eigenvalue weighted by molar-refractivity contribution is -0.122. The molecule has 1 fully saturated rings. The second-order valence-electron chi connectivity index (χ2n) is 6.52. The monoisotopic (exact) mass is 548 g/mol. The van der Waals surface area contributed by atoms with E-state index < -0.39 is 17.8 Å². The number of carbonyl (C=O) groups is 3. The van der Waals surface area contributed by atoms with Gasteiger partial charge in [0, 0.05) is 0 Å². The van der Waals surface area contributed by atoms with Crippen molar-refractivity contribution in [3.63, 3.8) is 0 Å². The van der Waals surface area contributed by atoms with Crippen molar-refractivity contribution in [2.75, 3.05) is 25.2 Å². The first-order valence-electron chi connectivity index (χ1n) is 9.65. The number of nitrogens with one attached hydrogen (secondary N) is 1. The Bertz CT molecular complexity index is 1090. The molecule has 3 rings (SSSR count). The van der Waals surface area contributed by atoms with Gasteiger partial charge in [-0.25, -0.2) is 9.69 Å². The number of barbiturate groups is 1. The van der Waals surface area contributed by atoms with Crippen molar-refractivity contribution in [2.45, 2.75) is 6.92 Å². The summed E-state index contributed by atoms with van der Waals surface area (Å²) in [5.41, 5.74) is 0.669. The molecule has 4 amide bonds. The van der Waals surface area contributed by atoms with E-state index in [1.807, 2.05) is 6.92 Å². The molecule has 0 radical (unpaired) electrons. The van der Waals surface area contributed by atoms with Crippen LogP contribution in [0.1, 0.15) is 12.5 Å². The molecule has 2 aromatic carbocycles. The van der Waals surface area contributed by atoms with E-state index in [0.29, 0.717) is 41.7 Å². The molecule has 0 spiro atoms. The standard InChI is InChI=1S/C23H21IN2O6/c1-4-10-32-20-18(24)12-14(13-19(20)30-3)11-17-21(27)25-23(29)26(22(17)28)15-6-8-16(9-7-15)31-5-2/h4,6-9,11-13H,1,5,10H2,2-3H3,(H,25,27,29). The van der Waals surface area contributed by atoms with Crippen LogP contribution in [0.3, 0.4) is 0 Å². The fourth-order valence-corrected chi connectivity index (χ4v) is 3.80. The number of urea groups is 1. The van der Waals surface area contributed by atoms with E-state index in [2.05, 4.69) is 34.5 Å². The van der Waals surface area contributed by atoms with Crippen LogP contribution < -0.4 is 24.4 Å². The number of imide groups is 2. The van der Waals surface area contributed by atoms with Gasteiger partial charge in [0.15, 0.2) is 11.5 Å². The minimum absolute atomic E-state index is 0.184. The number of amides is 4. The Hall–Kier alpha value is -3.34. The number of halogens is 1. The Morgan fingerprint density at radius 2 is 1.84 bits per heavy atom. The fourth-order valence-electron chi connectivity index (χ4n) is 3.02. The number of nitrogens with zero attached hydrogens (tertiary/aromatic N) is 1. The van der Waals surface area contributed by atoms with E-state index >= 15 is 0 Å². The molecule has 1 aliphatic heterocycles. The molecule has 0 bridgehead atoms. The Kier molecular flexibility index (Phi) is 7.52. The SMILES string of the molecule is C=CCOc1c(I)cc(C=C2C(=O)NC(=O)N(c3ccc(OCC)cc3)C2=O)cc1OC. The Balaban J connectivity index is 1.97. The first-order valence-corrected chi connectivity index (χ1v) is 10.7. The lowest BCUT2D eigenvalue weighted by Gasteiger charge is -2.26. The number of ether oxygens (including phenoxy) is 3. The molecule has 0 atom stereocenters. The van der Waals surface area contributed by atoms with Crippen molar-refractivity contribution < 1.29 is 28.6 Å². The molecule has 1 aliphatic rings. The van der Waals surface area contributed by atoms with Crippen molar-refractivity contribution in [1.82, 2.24) is 5.32 Å². The summed E-state index contributed by atoms with van der Waals surface area (Å²) in [6.45, 7) is 6.27. The largest absolute Gasteiger partial charge is 0.494 e. The Morgan fingerprint density at radius 3 is 2.47 bits per heavy atom. The molecular weight excluding hydrogens is 527 g/mol. The van der Waals surface area contributed by atoms with Crippen LogP contribution in [-0.2, 0) is 9.59 Å². The van der Waals surface area contributed by atoms with Gasteiger partial charge >= 0.3 is 6.03 Å². The molecule has 166 valence electrons. The number of carbonyl (C=O) groups excluding carboxylic acids is 3. The van der Waals surface area contributed by atoms with E-state index in [1.54, 1.807) is 42.5 Å². The predicted molar refractivity (Wildman–Crippen MR) is 128 cm³/mol. The summed E-state index contributed by atoms with van der Waals surface area (Å²) in [5.74, 6) is 0.0647. The lowest BCUT2D eigenvalue weighted by atomic mass is 10.1. The highest BCUT2D eigenvalue weighted by Gasteiger charge is 2.36. The van der Waals surface area contributed by atoms with Crippen molar-refractivity contribution in [2.24, 2.45) is 0 Å². The van der Waals surface area contributed by atoms with Gasteiger partial charge in [-0.2, -0.15) is 0 Å². The van der Waals surface area contributed by atoms with Crippen LogP contribution in [0.15, 0.2) is 54.6 Å². The van der Waals surface area contributed by atoms with Gasteiger partial charge in [0.2, 0.25) is 0 Å². The van der Waals surface area contributed by atoms with E-state index in [0.717, 1.165) is 8.47 Å². The summed E-state index contributed by atoms with van der Waals surface area (Å²) in [6.07, 6.45) is 3.02. The third kappa shape index (κ3) is 4.93. The van der Waals surface area contributed by atoms with Gasteiger partial charge in [-0.15, -0.1) is 0 Å². The highest BCUT2D eigenvalue weighted by Crippen LogP contribution is 2.35. The third-order valence-corrected chi connectivity index (χ3v) is 5.22. The van der Waals surface area contributed by atoms with E-state index in [4.69, 9.17) is 14.2 Å².